The molecule has 0 unspecified atom stereocenters. The summed E-state index contributed by atoms with van der Waals surface area (Å²) in [5.41, 5.74) is 0.225. The third-order valence-corrected chi connectivity index (χ3v) is 4.24. The monoisotopic (exact) mass is 323 g/mol. The molecule has 108 valence electrons. The lowest BCUT2D eigenvalue weighted by molar-refractivity contribution is 0.586. The van der Waals surface area contributed by atoms with Crippen molar-refractivity contribution in [3.8, 4) is 11.8 Å². The number of benzene rings is 2. The van der Waals surface area contributed by atoms with Gasteiger partial charge in [-0.3, -0.25) is 0 Å². The zero-order valence-corrected chi connectivity index (χ0v) is 12.4. The zero-order chi connectivity index (χ0) is 15.3. The molecular formula is C15H11ClFNO2S. The molecule has 0 saturated heterocycles. The fourth-order valence-corrected chi connectivity index (χ4v) is 2.58. The summed E-state index contributed by atoms with van der Waals surface area (Å²) in [6.45, 7) is -0.112. The van der Waals surface area contributed by atoms with Gasteiger partial charge in [0.2, 0.25) is 10.0 Å². The second-order valence-corrected chi connectivity index (χ2v) is 6.26. The van der Waals surface area contributed by atoms with E-state index in [0.717, 1.165) is 0 Å². The van der Waals surface area contributed by atoms with Gasteiger partial charge in [0.15, 0.2) is 0 Å². The first kappa shape index (κ1) is 15.5. The smallest absolute Gasteiger partial charge is 0.207 e. The number of nitrogens with one attached hydrogen (secondary N) is 1. The van der Waals surface area contributed by atoms with E-state index in [9.17, 15) is 12.8 Å². The molecule has 21 heavy (non-hydrogen) atoms. The van der Waals surface area contributed by atoms with E-state index < -0.39 is 15.8 Å². The molecule has 0 saturated carbocycles. The van der Waals surface area contributed by atoms with Crippen LogP contribution < -0.4 is 4.72 Å². The maximum absolute atomic E-state index is 13.3. The number of halogens is 2. The Balaban J connectivity index is 2.04. The third kappa shape index (κ3) is 4.30. The van der Waals surface area contributed by atoms with Crippen LogP contribution in [0.1, 0.15) is 5.56 Å². The van der Waals surface area contributed by atoms with Gasteiger partial charge >= 0.3 is 0 Å². The van der Waals surface area contributed by atoms with E-state index in [2.05, 4.69) is 16.6 Å². The molecule has 0 aliphatic heterocycles. The molecule has 0 amide bonds. The molecule has 2 aromatic rings. The normalized spacial score (nSPS) is 10.8. The lowest BCUT2D eigenvalue weighted by Crippen LogP contribution is -2.23. The molecule has 0 aliphatic rings. The summed E-state index contributed by atoms with van der Waals surface area (Å²) < 4.78 is 39.5. The lowest BCUT2D eigenvalue weighted by atomic mass is 10.2. The van der Waals surface area contributed by atoms with Crippen molar-refractivity contribution in [1.29, 1.82) is 0 Å². The van der Waals surface area contributed by atoms with Crippen LogP contribution in [-0.2, 0) is 10.0 Å². The summed E-state index contributed by atoms with van der Waals surface area (Å²) in [6.07, 6.45) is 0. The van der Waals surface area contributed by atoms with E-state index in [1.807, 2.05) is 0 Å². The molecule has 0 aliphatic carbocycles. The Kier molecular flexibility index (Phi) is 4.97. The number of hydrogen-bond donors (Lipinski definition) is 1. The summed E-state index contributed by atoms with van der Waals surface area (Å²) >= 11 is 5.70. The van der Waals surface area contributed by atoms with Crippen LogP contribution in [0.25, 0.3) is 0 Å². The van der Waals surface area contributed by atoms with Gasteiger partial charge in [-0.1, -0.05) is 35.6 Å². The Morgan fingerprint density at radius 3 is 2.43 bits per heavy atom. The van der Waals surface area contributed by atoms with E-state index in [4.69, 9.17) is 11.6 Å². The molecule has 0 radical (unpaired) electrons. The average molecular weight is 324 g/mol. The average Bonchev–Trinajstić information content (AvgIpc) is 2.46. The Labute approximate surface area is 127 Å². The van der Waals surface area contributed by atoms with Gasteiger partial charge in [0.05, 0.1) is 17.0 Å². The highest BCUT2D eigenvalue weighted by molar-refractivity contribution is 7.89. The quantitative estimate of drug-likeness (QED) is 0.883. The molecule has 1 N–H and O–H groups in total. The molecule has 3 nitrogen and oxygen atoms in total. The molecule has 0 spiro atoms. The van der Waals surface area contributed by atoms with Crippen LogP contribution in [0.3, 0.4) is 0 Å². The van der Waals surface area contributed by atoms with E-state index in [1.54, 1.807) is 12.1 Å². The molecule has 6 heteroatoms. The van der Waals surface area contributed by atoms with Gasteiger partial charge in [0, 0.05) is 5.02 Å². The van der Waals surface area contributed by atoms with Crippen LogP contribution in [-0.4, -0.2) is 15.0 Å². The summed E-state index contributed by atoms with van der Waals surface area (Å²) in [5, 5.41) is 0.452. The van der Waals surface area contributed by atoms with Crippen molar-refractivity contribution in [2.24, 2.45) is 0 Å². The van der Waals surface area contributed by atoms with Crippen LogP contribution in [0.15, 0.2) is 53.4 Å². The zero-order valence-electron chi connectivity index (χ0n) is 10.8. The van der Waals surface area contributed by atoms with Crippen molar-refractivity contribution in [2.45, 2.75) is 4.90 Å². The van der Waals surface area contributed by atoms with Gasteiger partial charge < -0.3 is 0 Å². The van der Waals surface area contributed by atoms with E-state index >= 15 is 0 Å². The first-order valence-corrected chi connectivity index (χ1v) is 7.84. The topological polar surface area (TPSA) is 46.2 Å². The minimum atomic E-state index is -3.65. The van der Waals surface area contributed by atoms with Crippen LogP contribution in [0.4, 0.5) is 4.39 Å². The van der Waals surface area contributed by atoms with Gasteiger partial charge in [-0.2, -0.15) is 4.72 Å². The molecule has 0 heterocycles. The van der Waals surface area contributed by atoms with Gasteiger partial charge in [0.25, 0.3) is 0 Å². The highest BCUT2D eigenvalue weighted by atomic mass is 35.5. The fourth-order valence-electron chi connectivity index (χ4n) is 1.53. The molecule has 0 fully saturated rings. The molecule has 0 atom stereocenters. The van der Waals surface area contributed by atoms with Crippen LogP contribution >= 0.6 is 11.6 Å². The number of sulfonamides is 1. The SMILES string of the molecule is O=S(=O)(NCC#Cc1ccccc1F)c1ccc(Cl)cc1. The van der Waals surface area contributed by atoms with Crippen molar-refractivity contribution in [2.75, 3.05) is 6.54 Å². The third-order valence-electron chi connectivity index (χ3n) is 2.57. The molecular weight excluding hydrogens is 313 g/mol. The lowest BCUT2D eigenvalue weighted by Gasteiger charge is -2.03. The second-order valence-electron chi connectivity index (χ2n) is 4.06. The summed E-state index contributed by atoms with van der Waals surface area (Å²) in [5.74, 6) is 4.71. The second kappa shape index (κ2) is 6.72. The minimum absolute atomic E-state index is 0.0968. The first-order chi connectivity index (χ1) is 9.99. The standard InChI is InChI=1S/C15H11ClFNO2S/c16-13-7-9-14(10-8-13)21(19,20)18-11-3-5-12-4-1-2-6-15(12)17/h1-2,4,6-10,18H,11H2. The summed E-state index contributed by atoms with van der Waals surface area (Å²) in [6, 6.07) is 11.8. The molecule has 2 aromatic carbocycles. The van der Waals surface area contributed by atoms with Crippen molar-refractivity contribution in [3.05, 3.63) is 64.9 Å². The molecule has 2 rings (SSSR count). The van der Waals surface area contributed by atoms with Gasteiger partial charge in [-0.05, 0) is 36.4 Å². The van der Waals surface area contributed by atoms with Crippen molar-refractivity contribution in [1.82, 2.24) is 4.72 Å². The number of hydrogen-bond acceptors (Lipinski definition) is 2. The Hall–Kier alpha value is -1.87. The summed E-state index contributed by atoms with van der Waals surface area (Å²) in [7, 11) is -3.65. The van der Waals surface area contributed by atoms with Crippen molar-refractivity contribution < 1.29 is 12.8 Å². The van der Waals surface area contributed by atoms with E-state index in [-0.39, 0.29) is 17.0 Å². The maximum Gasteiger partial charge on any atom is 0.241 e. The maximum atomic E-state index is 13.3. The molecule has 0 aromatic heterocycles. The van der Waals surface area contributed by atoms with Gasteiger partial charge in [-0.15, -0.1) is 0 Å². The van der Waals surface area contributed by atoms with Gasteiger partial charge in [0.1, 0.15) is 5.82 Å². The number of rotatable bonds is 3. The van der Waals surface area contributed by atoms with Crippen molar-refractivity contribution in [3.63, 3.8) is 0 Å². The predicted octanol–water partition coefficient (Wildman–Crippen LogP) is 2.81. The predicted molar refractivity (Wildman–Crippen MR) is 79.9 cm³/mol. The van der Waals surface area contributed by atoms with Gasteiger partial charge in [-0.25, -0.2) is 12.8 Å². The Morgan fingerprint density at radius 2 is 1.76 bits per heavy atom. The van der Waals surface area contributed by atoms with Crippen molar-refractivity contribution >= 4 is 21.6 Å². The van der Waals surface area contributed by atoms with E-state index in [1.165, 1.54) is 36.4 Å². The highest BCUT2D eigenvalue weighted by Crippen LogP contribution is 2.13. The van der Waals surface area contributed by atoms with Crippen LogP contribution in [0.2, 0.25) is 5.02 Å². The van der Waals surface area contributed by atoms with Crippen LogP contribution in [0.5, 0.6) is 0 Å². The summed E-state index contributed by atoms with van der Waals surface area (Å²) in [4.78, 5) is 0.0968. The Morgan fingerprint density at radius 1 is 1.10 bits per heavy atom. The Bertz CT molecular complexity index is 792. The molecule has 0 bridgehead atoms. The first-order valence-electron chi connectivity index (χ1n) is 5.98. The van der Waals surface area contributed by atoms with Crippen LogP contribution in [0, 0.1) is 17.7 Å². The highest BCUT2D eigenvalue weighted by Gasteiger charge is 2.11. The largest absolute Gasteiger partial charge is 0.241 e. The van der Waals surface area contributed by atoms with E-state index in [0.29, 0.717) is 5.02 Å². The fraction of sp³-hybridized carbons (Fsp3) is 0.0667. The minimum Gasteiger partial charge on any atom is -0.207 e.